The predicted molar refractivity (Wildman–Crippen MR) is 89.1 cm³/mol. The minimum atomic E-state index is -0.397. The molecular weight excluding hydrogens is 332 g/mol. The lowest BCUT2D eigenvalue weighted by Gasteiger charge is -2.37. The quantitative estimate of drug-likeness (QED) is 0.822. The zero-order valence-electron chi connectivity index (χ0n) is 13.4. The van der Waals surface area contributed by atoms with Crippen molar-refractivity contribution >= 4 is 23.3 Å². The number of aromatic nitrogens is 4. The van der Waals surface area contributed by atoms with Crippen LogP contribution in [0, 0.1) is 0 Å². The van der Waals surface area contributed by atoms with Crippen LogP contribution in [-0.2, 0) is 4.79 Å². The highest BCUT2D eigenvalue weighted by Crippen LogP contribution is 2.27. The van der Waals surface area contributed by atoms with Crippen LogP contribution in [0.25, 0.3) is 0 Å². The fourth-order valence-corrected chi connectivity index (χ4v) is 2.73. The van der Waals surface area contributed by atoms with Gasteiger partial charge in [0.2, 0.25) is 5.91 Å². The normalized spacial score (nSPS) is 20.8. The topological polar surface area (TPSA) is 94.0 Å². The smallest absolute Gasteiger partial charge is 0.244 e. The fourth-order valence-electron chi connectivity index (χ4n) is 2.59. The average Bonchev–Trinajstić information content (AvgIpc) is 2.98. The molecule has 1 aliphatic carbocycles. The van der Waals surface area contributed by atoms with E-state index in [0.29, 0.717) is 16.6 Å². The van der Waals surface area contributed by atoms with Crippen molar-refractivity contribution in [1.82, 2.24) is 25.1 Å². The second-order valence-electron chi connectivity index (χ2n) is 5.77. The maximum absolute atomic E-state index is 12.2. The van der Waals surface area contributed by atoms with Crippen molar-refractivity contribution in [3.63, 3.8) is 0 Å². The van der Waals surface area contributed by atoms with E-state index in [1.807, 2.05) is 0 Å². The summed E-state index contributed by atoms with van der Waals surface area (Å²) in [7, 11) is 1.58. The van der Waals surface area contributed by atoms with E-state index >= 15 is 0 Å². The number of methoxy groups -OCH3 is 1. The zero-order valence-corrected chi connectivity index (χ0v) is 14.2. The summed E-state index contributed by atoms with van der Waals surface area (Å²) >= 11 is 5.83. The van der Waals surface area contributed by atoms with E-state index in [-0.39, 0.29) is 18.0 Å². The molecule has 8 nitrogen and oxygen atoms in total. The van der Waals surface area contributed by atoms with Gasteiger partial charge in [-0.05, 0) is 19.8 Å². The summed E-state index contributed by atoms with van der Waals surface area (Å²) in [5.41, 5.74) is 0. The minimum Gasteiger partial charge on any atom is -0.491 e. The molecule has 2 heterocycles. The molecular formula is C15H19ClN6O2. The third-order valence-corrected chi connectivity index (χ3v) is 4.27. The number of rotatable bonds is 6. The molecule has 0 saturated heterocycles. The van der Waals surface area contributed by atoms with Gasteiger partial charge in [-0.2, -0.15) is 5.10 Å². The van der Waals surface area contributed by atoms with Crippen LogP contribution in [0.4, 0.5) is 5.82 Å². The summed E-state index contributed by atoms with van der Waals surface area (Å²) in [4.78, 5) is 20.3. The van der Waals surface area contributed by atoms with E-state index < -0.39 is 6.04 Å². The molecule has 1 atom stereocenters. The number of nitrogens with one attached hydrogen (secondary N) is 2. The summed E-state index contributed by atoms with van der Waals surface area (Å²) in [5.74, 6) is 1.20. The number of ether oxygens (including phenoxy) is 1. The van der Waals surface area contributed by atoms with Gasteiger partial charge in [-0.15, -0.1) is 0 Å². The number of amides is 1. The van der Waals surface area contributed by atoms with Gasteiger partial charge in [0.25, 0.3) is 0 Å². The molecule has 1 amide bonds. The number of anilines is 1. The standard InChI is InChI=1S/C15H19ClN6O2/c1-9(22-7-10(16)5-19-22)15(23)21-12-3-11(4-12)20-14-13(24-2)6-17-8-18-14/h5-9,11-12H,3-4H2,1-2H3,(H,21,23)(H,17,18,20). The first kappa shape index (κ1) is 16.5. The Labute approximate surface area is 144 Å². The highest BCUT2D eigenvalue weighted by molar-refractivity contribution is 6.30. The Morgan fingerprint density at radius 3 is 2.88 bits per heavy atom. The maximum Gasteiger partial charge on any atom is 0.244 e. The number of nitrogens with zero attached hydrogens (tertiary/aromatic N) is 4. The maximum atomic E-state index is 12.2. The lowest BCUT2D eigenvalue weighted by Crippen LogP contribution is -2.51. The molecule has 1 saturated carbocycles. The van der Waals surface area contributed by atoms with Gasteiger partial charge >= 0.3 is 0 Å². The SMILES string of the molecule is COc1cncnc1NC1CC(NC(=O)C(C)n2cc(Cl)cn2)C1. The lowest BCUT2D eigenvalue weighted by molar-refractivity contribution is -0.125. The summed E-state index contributed by atoms with van der Waals surface area (Å²) < 4.78 is 6.76. The van der Waals surface area contributed by atoms with Crippen molar-refractivity contribution < 1.29 is 9.53 Å². The molecule has 2 aromatic heterocycles. The molecule has 1 unspecified atom stereocenters. The van der Waals surface area contributed by atoms with Gasteiger partial charge in [0.05, 0.1) is 24.5 Å². The molecule has 24 heavy (non-hydrogen) atoms. The van der Waals surface area contributed by atoms with Gasteiger partial charge in [-0.1, -0.05) is 11.6 Å². The Kier molecular flexibility index (Phi) is 4.84. The molecule has 1 aliphatic rings. The molecule has 0 aliphatic heterocycles. The second-order valence-corrected chi connectivity index (χ2v) is 6.21. The van der Waals surface area contributed by atoms with Crippen molar-refractivity contribution in [3.8, 4) is 5.75 Å². The van der Waals surface area contributed by atoms with Crippen molar-refractivity contribution in [1.29, 1.82) is 0 Å². The third-order valence-electron chi connectivity index (χ3n) is 4.07. The molecule has 3 rings (SSSR count). The highest BCUT2D eigenvalue weighted by atomic mass is 35.5. The molecule has 0 aromatic carbocycles. The molecule has 128 valence electrons. The monoisotopic (exact) mass is 350 g/mol. The summed E-state index contributed by atoms with van der Waals surface area (Å²) in [5, 5.41) is 10.9. The molecule has 9 heteroatoms. The van der Waals surface area contributed by atoms with Crippen molar-refractivity contribution in [2.75, 3.05) is 12.4 Å². The van der Waals surface area contributed by atoms with E-state index in [1.165, 1.54) is 12.5 Å². The predicted octanol–water partition coefficient (Wildman–Crippen LogP) is 1.66. The van der Waals surface area contributed by atoms with Crippen LogP contribution >= 0.6 is 11.6 Å². The Balaban J connectivity index is 1.47. The molecule has 1 fully saturated rings. The van der Waals surface area contributed by atoms with Gasteiger partial charge in [-0.3, -0.25) is 9.48 Å². The Bertz CT molecular complexity index is 715. The Morgan fingerprint density at radius 2 is 2.21 bits per heavy atom. The van der Waals surface area contributed by atoms with Crippen molar-refractivity contribution in [2.45, 2.75) is 37.9 Å². The van der Waals surface area contributed by atoms with Crippen LogP contribution in [0.1, 0.15) is 25.8 Å². The van der Waals surface area contributed by atoms with E-state index in [2.05, 4.69) is 25.7 Å². The van der Waals surface area contributed by atoms with Gasteiger partial charge in [-0.25, -0.2) is 9.97 Å². The van der Waals surface area contributed by atoms with Gasteiger partial charge in [0.1, 0.15) is 12.4 Å². The number of hydrogen-bond acceptors (Lipinski definition) is 6. The zero-order chi connectivity index (χ0) is 17.1. The Hall–Kier alpha value is -2.35. The third kappa shape index (κ3) is 3.59. The minimum absolute atomic E-state index is 0.0715. The first-order valence-electron chi connectivity index (χ1n) is 7.67. The number of carbonyl (C=O) groups excluding carboxylic acids is 1. The summed E-state index contributed by atoms with van der Waals surface area (Å²) in [6.45, 7) is 1.79. The van der Waals surface area contributed by atoms with Crippen LogP contribution in [0.15, 0.2) is 24.9 Å². The first-order valence-corrected chi connectivity index (χ1v) is 8.05. The van der Waals surface area contributed by atoms with E-state index in [9.17, 15) is 4.79 Å². The van der Waals surface area contributed by atoms with Crippen molar-refractivity contribution in [3.05, 3.63) is 29.9 Å². The van der Waals surface area contributed by atoms with Crippen LogP contribution in [0.5, 0.6) is 5.75 Å². The number of carbonyl (C=O) groups is 1. The molecule has 2 aromatic rings. The van der Waals surface area contributed by atoms with Gasteiger partial charge in [0.15, 0.2) is 11.6 Å². The Morgan fingerprint density at radius 1 is 1.42 bits per heavy atom. The molecule has 0 bridgehead atoms. The summed E-state index contributed by atoms with van der Waals surface area (Å²) in [6.07, 6.45) is 7.89. The van der Waals surface area contributed by atoms with Gasteiger partial charge in [0, 0.05) is 18.3 Å². The van der Waals surface area contributed by atoms with Crippen molar-refractivity contribution in [2.24, 2.45) is 0 Å². The first-order chi connectivity index (χ1) is 11.6. The van der Waals surface area contributed by atoms with Crippen LogP contribution < -0.4 is 15.4 Å². The summed E-state index contributed by atoms with van der Waals surface area (Å²) in [6, 6.07) is -0.0173. The van der Waals surface area contributed by atoms with E-state index in [4.69, 9.17) is 16.3 Å². The van der Waals surface area contributed by atoms with E-state index in [0.717, 1.165) is 12.8 Å². The van der Waals surface area contributed by atoms with E-state index in [1.54, 1.807) is 31.1 Å². The number of hydrogen-bond donors (Lipinski definition) is 2. The fraction of sp³-hybridized carbons (Fsp3) is 0.467. The number of halogens is 1. The average molecular weight is 351 g/mol. The van der Waals surface area contributed by atoms with Crippen LogP contribution in [0.2, 0.25) is 5.02 Å². The van der Waals surface area contributed by atoms with Gasteiger partial charge < -0.3 is 15.4 Å². The molecule has 0 radical (unpaired) electrons. The van der Waals surface area contributed by atoms with Crippen LogP contribution in [0.3, 0.4) is 0 Å². The molecule has 2 N–H and O–H groups in total. The lowest BCUT2D eigenvalue weighted by atomic mass is 9.86. The van der Waals surface area contributed by atoms with Crippen LogP contribution in [-0.4, -0.2) is 44.8 Å². The largest absolute Gasteiger partial charge is 0.491 e. The second kappa shape index (κ2) is 7.04. The highest BCUT2D eigenvalue weighted by Gasteiger charge is 2.32. The molecule has 0 spiro atoms.